The second-order valence-electron chi connectivity index (χ2n) is 20.4. The molecule has 1 fully saturated rings. The van der Waals surface area contributed by atoms with E-state index in [0.29, 0.717) is 109 Å². The van der Waals surface area contributed by atoms with Crippen molar-refractivity contribution in [3.05, 3.63) is 0 Å². The van der Waals surface area contributed by atoms with Crippen LogP contribution in [0, 0.1) is 71.0 Å². The summed E-state index contributed by atoms with van der Waals surface area (Å²) in [6, 6.07) is 0. The van der Waals surface area contributed by atoms with Gasteiger partial charge in [0.25, 0.3) is 0 Å². The van der Waals surface area contributed by atoms with Crippen molar-refractivity contribution in [2.24, 2.45) is 71.0 Å². The van der Waals surface area contributed by atoms with Crippen LogP contribution in [0.15, 0.2) is 0 Å². The topological polar surface area (TPSA) is 437 Å². The first-order valence-electron chi connectivity index (χ1n) is 28.1. The maximum atomic E-state index is 11.5. The van der Waals surface area contributed by atoms with E-state index in [1.165, 1.54) is 0 Å². The third-order valence-electron chi connectivity index (χ3n) is 15.3. The number of rotatable bonds is 41. The van der Waals surface area contributed by atoms with Crippen LogP contribution in [0.1, 0.15) is 209 Å². The molecule has 0 saturated carbocycles. The molecule has 11 N–H and O–H groups in total. The molecule has 0 aromatic rings. The number of carbonyl (C=O) groups is 12. The largest absolute Gasteiger partial charge is 2.00 e. The van der Waals surface area contributed by atoms with Crippen LogP contribution in [0.4, 0.5) is 4.53 Å². The molecule has 1 saturated heterocycles. The normalized spacial score (nSPS) is 16.4. The monoisotopic (exact) mass is 1230 g/mol. The van der Waals surface area contributed by atoms with Gasteiger partial charge in [-0.1, -0.05) is 111 Å². The van der Waals surface area contributed by atoms with Crippen LogP contribution in [0.2, 0.25) is 0 Å². The number of ether oxygens (including phenoxy) is 1. The van der Waals surface area contributed by atoms with Crippen LogP contribution >= 0.6 is 0 Å². The predicted molar refractivity (Wildman–Crippen MR) is 289 cm³/mol. The van der Waals surface area contributed by atoms with Gasteiger partial charge in [-0.3, -0.25) is 57.5 Å². The SMILES string of the molecule is CCC(CCCC(CC)C(CC(=O)O)C(=O)O)C(=O)O.CCC(CCCC(CC)C(CC(=O)O)C(=O)O)C(=O)O.CCC(CCCC(CC)C(CC(=O)O)C(=O)O)C(=O)O.CCC(CCCC(CC)C1CC(=O)OC1=O)C(=O)O.OF.[Zn+2]. The van der Waals surface area contributed by atoms with Crippen molar-refractivity contribution in [3.63, 3.8) is 0 Å². The Morgan fingerprint density at radius 2 is 0.634 bits per heavy atom. The van der Waals surface area contributed by atoms with Gasteiger partial charge < -0.3 is 55.8 Å². The van der Waals surface area contributed by atoms with Crippen molar-refractivity contribution in [2.75, 3.05) is 0 Å². The first kappa shape index (κ1) is 85.2. The number of halogens is 1. The summed E-state index contributed by atoms with van der Waals surface area (Å²) in [5.74, 6) is -15.9. The van der Waals surface area contributed by atoms with Crippen molar-refractivity contribution in [3.8, 4) is 0 Å². The van der Waals surface area contributed by atoms with E-state index in [9.17, 15) is 57.5 Å². The summed E-state index contributed by atoms with van der Waals surface area (Å²) in [4.78, 5) is 132. The van der Waals surface area contributed by atoms with Crippen molar-refractivity contribution in [1.82, 2.24) is 0 Å². The molecule has 470 valence electrons. The number of hydrogen-bond donors (Lipinski definition) is 11. The molecule has 0 amide bonds. The van der Waals surface area contributed by atoms with E-state index in [4.69, 9.17) is 60.9 Å². The Morgan fingerprint density at radius 1 is 0.390 bits per heavy atom. The molecule has 26 heteroatoms. The minimum Gasteiger partial charge on any atom is -0.481 e. The molecule has 0 aliphatic carbocycles. The summed E-state index contributed by atoms with van der Waals surface area (Å²) in [7, 11) is 0. The molecule has 0 radical (unpaired) electrons. The number of aliphatic carboxylic acids is 10. The smallest absolute Gasteiger partial charge is 0.481 e. The van der Waals surface area contributed by atoms with Crippen LogP contribution in [0.3, 0.4) is 0 Å². The van der Waals surface area contributed by atoms with Gasteiger partial charge in [-0.15, -0.1) is 0 Å². The summed E-state index contributed by atoms with van der Waals surface area (Å²) < 4.78 is 13.1. The molecule has 1 aliphatic heterocycles. The fraction of sp³-hybridized carbons (Fsp3) is 0.786. The van der Waals surface area contributed by atoms with E-state index in [0.717, 1.165) is 19.3 Å². The zero-order chi connectivity index (χ0) is 63.5. The molecule has 0 bridgehead atoms. The third-order valence-corrected chi connectivity index (χ3v) is 15.3. The average Bonchev–Trinajstić information content (AvgIpc) is 3.74. The van der Waals surface area contributed by atoms with E-state index in [1.54, 1.807) is 20.8 Å². The van der Waals surface area contributed by atoms with Crippen molar-refractivity contribution < 1.29 is 143 Å². The van der Waals surface area contributed by atoms with Crippen molar-refractivity contribution >= 4 is 71.6 Å². The maximum Gasteiger partial charge on any atom is 2.00 e. The first-order chi connectivity index (χ1) is 38.0. The van der Waals surface area contributed by atoms with Gasteiger partial charge in [0.05, 0.1) is 73.0 Å². The number of carboxylic acid groups (broad SMARTS) is 10. The average molecular weight is 1240 g/mol. The molecule has 24 nitrogen and oxygen atoms in total. The number of cyclic esters (lactones) is 2. The summed E-state index contributed by atoms with van der Waals surface area (Å²) in [6.07, 6.45) is 10.9. The zero-order valence-corrected chi connectivity index (χ0v) is 52.2. The van der Waals surface area contributed by atoms with Crippen LogP contribution in [0.5, 0.6) is 0 Å². The molecule has 0 aromatic heterocycles. The Labute approximate surface area is 493 Å². The van der Waals surface area contributed by atoms with Gasteiger partial charge in [-0.25, -0.2) is 5.31 Å². The molecule has 12 atom stereocenters. The predicted octanol–water partition coefficient (Wildman–Crippen LogP) is 9.65. The summed E-state index contributed by atoms with van der Waals surface area (Å²) in [6.45, 7) is 14.8. The van der Waals surface area contributed by atoms with E-state index in [2.05, 4.69) is 4.74 Å². The van der Waals surface area contributed by atoms with E-state index in [1.807, 2.05) is 34.6 Å². The van der Waals surface area contributed by atoms with Gasteiger partial charge in [0.2, 0.25) is 0 Å². The summed E-state index contributed by atoms with van der Waals surface area (Å²) in [5, 5.41) is 94.9. The van der Waals surface area contributed by atoms with Crippen LogP contribution in [-0.4, -0.2) is 128 Å². The minimum absolute atomic E-state index is 0. The Kier molecular flexibility index (Phi) is 51.8. The maximum absolute atomic E-state index is 11.5. The molecule has 1 aliphatic rings. The standard InChI is InChI=1S/3C14H24O6.C14H22O5.FHO.Zn/c3*1-3-9(11(14(19)20)8-12(15)16)6-5-7-10(4-2)13(17)18;1-3-9(11-8-12(15)19-14(11)18)6-5-7-10(4-2)13(16)17;1-2;/h3*9-11H,3-8H2,1-2H3,(H,15,16)(H,17,18)(H,19,20);9-11H,3-8H2,1-2H3,(H,16,17);2H;/q;;;;;+2. The second-order valence-corrected chi connectivity index (χ2v) is 20.4. The van der Waals surface area contributed by atoms with Crippen LogP contribution in [0.25, 0.3) is 0 Å². The molecule has 0 aromatic carbocycles. The fourth-order valence-electron chi connectivity index (χ4n) is 10.1. The Bertz CT molecular complexity index is 1760. The Morgan fingerprint density at radius 3 is 0.793 bits per heavy atom. The number of carboxylic acids is 10. The summed E-state index contributed by atoms with van der Waals surface area (Å²) >= 11 is 0. The third kappa shape index (κ3) is 38.2. The van der Waals surface area contributed by atoms with E-state index >= 15 is 0 Å². The molecule has 12 unspecified atom stereocenters. The second kappa shape index (κ2) is 49.9. The van der Waals surface area contributed by atoms with Gasteiger partial charge in [-0.05, 0) is 101 Å². The van der Waals surface area contributed by atoms with Crippen LogP contribution < -0.4 is 0 Å². The van der Waals surface area contributed by atoms with Crippen molar-refractivity contribution in [2.45, 2.75) is 209 Å². The molecular weight excluding hydrogens is 1140 g/mol. The number of esters is 2. The van der Waals surface area contributed by atoms with Gasteiger partial charge in [0.1, 0.15) is 0 Å². The summed E-state index contributed by atoms with van der Waals surface area (Å²) in [5.41, 5.74) is 0. The van der Waals surface area contributed by atoms with Crippen molar-refractivity contribution in [1.29, 1.82) is 0 Å². The van der Waals surface area contributed by atoms with E-state index < -0.39 is 107 Å². The molecule has 1 rings (SSSR count). The number of hydrogen-bond acceptors (Lipinski definition) is 14. The number of carbonyl (C=O) groups excluding carboxylic acids is 2. The van der Waals surface area contributed by atoms with E-state index in [-0.39, 0.29) is 80.7 Å². The zero-order valence-electron chi connectivity index (χ0n) is 49.2. The van der Waals surface area contributed by atoms with Gasteiger partial charge in [-0.2, -0.15) is 0 Å². The fourth-order valence-corrected chi connectivity index (χ4v) is 10.1. The molecule has 82 heavy (non-hydrogen) atoms. The molecule has 0 spiro atoms. The molecular formula is C56H95FO24Zn+2. The minimum atomic E-state index is -1.12. The Balaban J connectivity index is -0.000000317. The molecule has 1 heterocycles. The Hall–Kier alpha value is -5.65. The quantitative estimate of drug-likeness (QED) is 0.0154. The van der Waals surface area contributed by atoms with Gasteiger partial charge in [0.15, 0.2) is 0 Å². The first-order valence-corrected chi connectivity index (χ1v) is 28.1. The van der Waals surface area contributed by atoms with Crippen LogP contribution in [-0.2, 0) is 81.7 Å². The van der Waals surface area contributed by atoms with Gasteiger partial charge in [0, 0.05) is 0 Å². The van der Waals surface area contributed by atoms with Gasteiger partial charge >= 0.3 is 91.1 Å².